The molecule has 2 atom stereocenters. The molecule has 2 aromatic carbocycles. The van der Waals surface area contributed by atoms with Gasteiger partial charge in [0.25, 0.3) is 0 Å². The van der Waals surface area contributed by atoms with Gasteiger partial charge in [-0.3, -0.25) is 4.31 Å². The zero-order valence-electron chi connectivity index (χ0n) is 15.0. The molecule has 1 heterocycles. The lowest BCUT2D eigenvalue weighted by Crippen LogP contribution is -2.24. The third kappa shape index (κ3) is 3.09. The molecule has 0 spiro atoms. The van der Waals surface area contributed by atoms with E-state index in [0.717, 1.165) is 0 Å². The van der Waals surface area contributed by atoms with Crippen LogP contribution in [0.15, 0.2) is 77.6 Å². The van der Waals surface area contributed by atoms with Crippen LogP contribution in [0.5, 0.6) is 0 Å². The molecular formula is C22H27NS. The van der Waals surface area contributed by atoms with E-state index >= 15 is 0 Å². The van der Waals surface area contributed by atoms with Crippen molar-refractivity contribution < 1.29 is 0 Å². The van der Waals surface area contributed by atoms with E-state index in [1.165, 1.54) is 16.7 Å². The van der Waals surface area contributed by atoms with E-state index in [4.69, 9.17) is 0 Å². The lowest BCUT2D eigenvalue weighted by Gasteiger charge is -2.47. The third-order valence-electron chi connectivity index (χ3n) is 4.66. The Morgan fingerprint density at radius 1 is 0.833 bits per heavy atom. The first-order chi connectivity index (χ1) is 11.5. The Labute approximate surface area is 148 Å². The number of allylic oxidation sites excluding steroid dienone is 2. The number of benzene rings is 2. The van der Waals surface area contributed by atoms with Gasteiger partial charge in [-0.25, -0.2) is 0 Å². The summed E-state index contributed by atoms with van der Waals surface area (Å²) in [5, 5.41) is 5.48. The summed E-state index contributed by atoms with van der Waals surface area (Å²) in [6.45, 7) is 4.69. The van der Waals surface area contributed by atoms with Crippen LogP contribution in [0.25, 0.3) is 5.57 Å². The van der Waals surface area contributed by atoms with Gasteiger partial charge in [0, 0.05) is 5.25 Å². The van der Waals surface area contributed by atoms with Crippen LogP contribution in [0.4, 0.5) is 0 Å². The topological polar surface area (TPSA) is 3.24 Å². The highest BCUT2D eigenvalue weighted by Crippen LogP contribution is 2.69. The highest BCUT2D eigenvalue weighted by atomic mass is 32.3. The minimum absolute atomic E-state index is 0.492. The van der Waals surface area contributed by atoms with Crippen molar-refractivity contribution in [3.63, 3.8) is 0 Å². The number of rotatable bonds is 5. The van der Waals surface area contributed by atoms with Gasteiger partial charge in [-0.1, -0.05) is 74.5 Å². The number of nitrogens with zero attached hydrogens (tertiary/aromatic N) is 1. The molecule has 0 saturated heterocycles. The van der Waals surface area contributed by atoms with Crippen molar-refractivity contribution in [2.75, 3.05) is 14.1 Å². The van der Waals surface area contributed by atoms with E-state index in [0.29, 0.717) is 11.2 Å². The molecule has 0 aromatic heterocycles. The number of hydrogen-bond donors (Lipinski definition) is 0. The predicted octanol–water partition coefficient (Wildman–Crippen LogP) is 6.23. The maximum absolute atomic E-state index is 2.53. The summed E-state index contributed by atoms with van der Waals surface area (Å²) in [6, 6.07) is 21.7. The zero-order chi connectivity index (χ0) is 17.2. The molecule has 0 radical (unpaired) electrons. The minimum atomic E-state index is -1.18. The van der Waals surface area contributed by atoms with Crippen LogP contribution in [0.3, 0.4) is 0 Å². The van der Waals surface area contributed by atoms with Gasteiger partial charge in [-0.15, -0.1) is 10.2 Å². The third-order valence-corrected chi connectivity index (χ3v) is 8.76. The summed E-state index contributed by atoms with van der Waals surface area (Å²) in [5.74, 6) is 0.570. The lowest BCUT2D eigenvalue weighted by atomic mass is 10.0. The monoisotopic (exact) mass is 337 g/mol. The van der Waals surface area contributed by atoms with Crippen LogP contribution < -0.4 is 0 Å². The molecule has 0 saturated carbocycles. The predicted molar refractivity (Wildman–Crippen MR) is 109 cm³/mol. The first kappa shape index (κ1) is 17.1. The maximum Gasteiger partial charge on any atom is 0.0350 e. The van der Waals surface area contributed by atoms with Crippen molar-refractivity contribution in [1.29, 1.82) is 0 Å². The molecule has 1 nitrogen and oxygen atoms in total. The standard InChI is InChI=1S/C22H27NS/c1-18(2)22(20-13-9-6-10-14-20)24(23(3)4)16-15-21(17-24)19-11-7-5-8-12-19/h5-18,22H,1-4H3. The Hall–Kier alpha value is -1.77. The highest BCUT2D eigenvalue weighted by molar-refractivity contribution is 8.37. The molecule has 0 amide bonds. The molecule has 24 heavy (non-hydrogen) atoms. The second-order valence-electron chi connectivity index (χ2n) is 6.85. The second kappa shape index (κ2) is 7.00. The van der Waals surface area contributed by atoms with Gasteiger partial charge in [0.05, 0.1) is 0 Å². The van der Waals surface area contributed by atoms with Gasteiger partial charge >= 0.3 is 0 Å². The van der Waals surface area contributed by atoms with Crippen molar-refractivity contribution in [2.24, 2.45) is 5.92 Å². The second-order valence-corrected chi connectivity index (χ2v) is 10.0. The largest absolute Gasteiger partial charge is 0.266 e. The summed E-state index contributed by atoms with van der Waals surface area (Å²) in [6.07, 6.45) is 2.32. The van der Waals surface area contributed by atoms with E-state index < -0.39 is 10.2 Å². The van der Waals surface area contributed by atoms with Crippen LogP contribution in [0.2, 0.25) is 0 Å². The van der Waals surface area contributed by atoms with Crippen molar-refractivity contribution in [1.82, 2.24) is 4.31 Å². The Morgan fingerprint density at radius 2 is 1.42 bits per heavy atom. The Morgan fingerprint density at radius 3 is 1.96 bits per heavy atom. The molecule has 0 bridgehead atoms. The first-order valence-corrected chi connectivity index (χ1v) is 10.3. The Bertz CT molecular complexity index is 731. The SMILES string of the molecule is CC(C)C(c1ccccc1)S1(N(C)C)C=CC(c2ccccc2)=C1. The fourth-order valence-corrected chi connectivity index (χ4v) is 7.31. The average molecular weight is 338 g/mol. The Kier molecular flexibility index (Phi) is 4.98. The smallest absolute Gasteiger partial charge is 0.0350 e. The molecule has 0 N–H and O–H groups in total. The summed E-state index contributed by atoms with van der Waals surface area (Å²) in [5.41, 5.74) is 4.09. The average Bonchev–Trinajstić information content (AvgIpc) is 3.03. The molecule has 0 aliphatic carbocycles. The van der Waals surface area contributed by atoms with Gasteiger partial charge in [0.15, 0.2) is 0 Å². The summed E-state index contributed by atoms with van der Waals surface area (Å²) < 4.78 is 2.44. The Balaban J connectivity index is 2.10. The van der Waals surface area contributed by atoms with Crippen molar-refractivity contribution in [3.8, 4) is 0 Å². The van der Waals surface area contributed by atoms with Crippen LogP contribution in [0, 0.1) is 5.92 Å². The molecule has 0 fully saturated rings. The van der Waals surface area contributed by atoms with Gasteiger partial charge in [0.2, 0.25) is 0 Å². The van der Waals surface area contributed by atoms with E-state index in [-0.39, 0.29) is 0 Å². The van der Waals surface area contributed by atoms with Crippen LogP contribution in [-0.4, -0.2) is 18.4 Å². The fraction of sp³-hybridized carbons (Fsp3) is 0.273. The van der Waals surface area contributed by atoms with Gasteiger partial charge in [-0.05, 0) is 53.6 Å². The lowest BCUT2D eigenvalue weighted by molar-refractivity contribution is 0.592. The summed E-state index contributed by atoms with van der Waals surface area (Å²) in [4.78, 5) is 0. The number of hydrogen-bond acceptors (Lipinski definition) is 1. The molecule has 1 aliphatic rings. The van der Waals surface area contributed by atoms with Crippen LogP contribution in [-0.2, 0) is 0 Å². The molecule has 1 aliphatic heterocycles. The van der Waals surface area contributed by atoms with Crippen LogP contribution in [0.1, 0.15) is 30.2 Å². The van der Waals surface area contributed by atoms with Crippen molar-refractivity contribution >= 4 is 15.8 Å². The summed E-state index contributed by atoms with van der Waals surface area (Å²) >= 11 is 0. The van der Waals surface area contributed by atoms with E-state index in [2.05, 4.69) is 110 Å². The van der Waals surface area contributed by atoms with E-state index in [1.54, 1.807) is 0 Å². The van der Waals surface area contributed by atoms with Crippen LogP contribution >= 0.6 is 10.2 Å². The van der Waals surface area contributed by atoms with E-state index in [1.807, 2.05) is 0 Å². The van der Waals surface area contributed by atoms with Gasteiger partial charge < -0.3 is 0 Å². The van der Waals surface area contributed by atoms with Gasteiger partial charge in [-0.2, -0.15) is 0 Å². The first-order valence-electron chi connectivity index (χ1n) is 8.54. The molecule has 2 unspecified atom stereocenters. The fourth-order valence-electron chi connectivity index (χ4n) is 3.55. The molecule has 2 aromatic rings. The zero-order valence-corrected chi connectivity index (χ0v) is 15.8. The van der Waals surface area contributed by atoms with Crippen molar-refractivity contribution in [3.05, 3.63) is 88.7 Å². The minimum Gasteiger partial charge on any atom is -0.266 e. The molecular weight excluding hydrogens is 310 g/mol. The molecule has 3 rings (SSSR count). The highest BCUT2D eigenvalue weighted by Gasteiger charge is 2.37. The summed E-state index contributed by atoms with van der Waals surface area (Å²) in [7, 11) is 3.27. The molecule has 2 heteroatoms. The van der Waals surface area contributed by atoms with E-state index in [9.17, 15) is 0 Å². The van der Waals surface area contributed by atoms with Crippen molar-refractivity contribution in [2.45, 2.75) is 19.1 Å². The normalized spacial score (nSPS) is 24.0. The quantitative estimate of drug-likeness (QED) is 0.625. The maximum atomic E-state index is 2.53. The molecule has 126 valence electrons. The van der Waals surface area contributed by atoms with Gasteiger partial charge in [0.1, 0.15) is 0 Å².